The Bertz CT molecular complexity index is 1660. The number of aliphatic carboxylic acids is 1. The molecular formula is C70H119NO8. The number of likely N-dealkylation sites (N-methyl/N-ethyl adjacent to an activating group) is 1. The number of unbranched alkanes of at least 4 members (excludes halogenated alkanes) is 25. The molecule has 0 saturated heterocycles. The van der Waals surface area contributed by atoms with Crippen LogP contribution >= 0.6 is 0 Å². The molecule has 0 amide bonds. The standard InChI is InChI=1S/C70H119NO8/c1-6-8-10-12-14-16-18-20-22-24-26-28-30-32-34-36-38-40-42-44-46-48-50-52-54-56-58-60-67(72)77-64-66(65-78-70(69(74)75)76-63-62-71(3,4)5)79-68(73)61-59-57-55-53-51-49-47-45-43-41-39-37-35-33-31-29-27-25-23-21-19-17-15-13-11-9-7-2/h9,11,15,17-18,20-21,23-24,26-27,29-30,32-33,35,39,41,66,70H,6-8,10,12-14,16,19,22,25,28,31,34,36-38,40,42-65H2,1-5H3/b11-9-,17-15-,20-18-,23-21-,26-24-,29-27-,32-30-,35-33-,41-39-. The maximum absolute atomic E-state index is 12.9. The van der Waals surface area contributed by atoms with Crippen LogP contribution in [0.25, 0.3) is 0 Å². The van der Waals surface area contributed by atoms with Gasteiger partial charge in [0.05, 0.1) is 40.3 Å². The summed E-state index contributed by atoms with van der Waals surface area (Å²) in [5, 5.41) is 11.8. The van der Waals surface area contributed by atoms with Crippen LogP contribution in [0, 0.1) is 0 Å². The van der Waals surface area contributed by atoms with Gasteiger partial charge in [0.25, 0.3) is 0 Å². The summed E-state index contributed by atoms with van der Waals surface area (Å²) in [6.07, 6.45) is 80.0. The molecule has 0 bridgehead atoms. The first-order chi connectivity index (χ1) is 38.6. The topological polar surface area (TPSA) is 111 Å². The highest BCUT2D eigenvalue weighted by Gasteiger charge is 2.22. The van der Waals surface area contributed by atoms with E-state index in [9.17, 15) is 19.5 Å². The third kappa shape index (κ3) is 61.4. The Morgan fingerprint density at radius 3 is 1.08 bits per heavy atom. The Morgan fingerprint density at radius 2 is 0.722 bits per heavy atom. The van der Waals surface area contributed by atoms with Crippen LogP contribution in [0.3, 0.4) is 0 Å². The highest BCUT2D eigenvalue weighted by Crippen LogP contribution is 2.16. The van der Waals surface area contributed by atoms with E-state index in [1.165, 1.54) is 128 Å². The van der Waals surface area contributed by atoms with E-state index in [1.807, 2.05) is 21.1 Å². The Morgan fingerprint density at radius 1 is 0.392 bits per heavy atom. The number of hydrogen-bond acceptors (Lipinski definition) is 8. The van der Waals surface area contributed by atoms with Crippen molar-refractivity contribution in [3.05, 3.63) is 109 Å². The van der Waals surface area contributed by atoms with Crippen molar-refractivity contribution in [3.8, 4) is 0 Å². The van der Waals surface area contributed by atoms with Crippen molar-refractivity contribution in [1.29, 1.82) is 0 Å². The molecule has 0 fully saturated rings. The molecule has 0 N–H and O–H groups in total. The predicted molar refractivity (Wildman–Crippen MR) is 333 cm³/mol. The predicted octanol–water partition coefficient (Wildman–Crippen LogP) is 18.1. The fraction of sp³-hybridized carbons (Fsp3) is 0.700. The zero-order valence-corrected chi connectivity index (χ0v) is 51.5. The Kier molecular flexibility index (Phi) is 57.0. The molecule has 0 rings (SSSR count). The Balaban J connectivity index is 4.23. The minimum Gasteiger partial charge on any atom is -0.545 e. The van der Waals surface area contributed by atoms with Gasteiger partial charge in [-0.15, -0.1) is 0 Å². The van der Waals surface area contributed by atoms with Gasteiger partial charge < -0.3 is 33.3 Å². The highest BCUT2D eigenvalue weighted by molar-refractivity contribution is 5.70. The smallest absolute Gasteiger partial charge is 0.306 e. The number of carbonyl (C=O) groups excluding carboxylic acids is 3. The highest BCUT2D eigenvalue weighted by atomic mass is 16.7. The second kappa shape index (κ2) is 60.1. The summed E-state index contributed by atoms with van der Waals surface area (Å²) in [5.74, 6) is -2.30. The second-order valence-electron chi connectivity index (χ2n) is 22.3. The fourth-order valence-corrected chi connectivity index (χ4v) is 8.61. The van der Waals surface area contributed by atoms with Crippen LogP contribution in [-0.2, 0) is 33.3 Å². The number of hydrogen-bond donors (Lipinski definition) is 0. The zero-order valence-electron chi connectivity index (χ0n) is 51.5. The molecule has 0 heterocycles. The first-order valence-corrected chi connectivity index (χ1v) is 32.0. The lowest BCUT2D eigenvalue weighted by Gasteiger charge is -2.26. The first kappa shape index (κ1) is 75.0. The van der Waals surface area contributed by atoms with Crippen LogP contribution in [0.1, 0.15) is 258 Å². The molecule has 0 aromatic rings. The normalized spacial score (nSPS) is 13.5. The quantitative estimate of drug-likeness (QED) is 0.0195. The average Bonchev–Trinajstić information content (AvgIpc) is 3.42. The van der Waals surface area contributed by atoms with Gasteiger partial charge in [0, 0.05) is 12.8 Å². The largest absolute Gasteiger partial charge is 0.545 e. The summed E-state index contributed by atoms with van der Waals surface area (Å²) in [6.45, 7) is 4.62. The maximum Gasteiger partial charge on any atom is 0.306 e. The molecule has 0 aliphatic rings. The molecule has 0 saturated carbocycles. The molecule has 0 aromatic heterocycles. The molecule has 0 radical (unpaired) electrons. The summed E-state index contributed by atoms with van der Waals surface area (Å²) < 4.78 is 22.7. The van der Waals surface area contributed by atoms with E-state index in [2.05, 4.69) is 123 Å². The minimum absolute atomic E-state index is 0.140. The number of nitrogens with zero attached hydrogens (tertiary/aromatic N) is 1. The molecule has 9 heteroatoms. The van der Waals surface area contributed by atoms with Crippen LogP contribution in [0.15, 0.2) is 109 Å². The number of quaternary nitrogens is 1. The van der Waals surface area contributed by atoms with Crippen LogP contribution < -0.4 is 5.11 Å². The zero-order chi connectivity index (χ0) is 57.6. The van der Waals surface area contributed by atoms with E-state index in [-0.39, 0.29) is 38.6 Å². The van der Waals surface area contributed by atoms with Crippen LogP contribution in [-0.4, -0.2) is 82.3 Å². The second-order valence-corrected chi connectivity index (χ2v) is 22.3. The van der Waals surface area contributed by atoms with Gasteiger partial charge in [0.2, 0.25) is 0 Å². The van der Waals surface area contributed by atoms with Gasteiger partial charge >= 0.3 is 11.9 Å². The van der Waals surface area contributed by atoms with Gasteiger partial charge in [-0.3, -0.25) is 9.59 Å². The summed E-state index contributed by atoms with van der Waals surface area (Å²) in [7, 11) is 5.92. The lowest BCUT2D eigenvalue weighted by Crippen LogP contribution is -2.44. The van der Waals surface area contributed by atoms with Crippen molar-refractivity contribution < 1.29 is 42.9 Å². The molecular weight excluding hydrogens is 983 g/mol. The number of esters is 2. The Labute approximate surface area is 485 Å². The summed E-state index contributed by atoms with van der Waals surface area (Å²) in [5.41, 5.74) is 0. The average molecular weight is 1100 g/mol. The summed E-state index contributed by atoms with van der Waals surface area (Å²) >= 11 is 0. The van der Waals surface area contributed by atoms with Gasteiger partial charge in [-0.1, -0.05) is 252 Å². The van der Waals surface area contributed by atoms with E-state index in [0.29, 0.717) is 17.4 Å². The first-order valence-electron chi connectivity index (χ1n) is 32.0. The van der Waals surface area contributed by atoms with Crippen molar-refractivity contribution >= 4 is 17.9 Å². The number of rotatable bonds is 58. The molecule has 0 spiro atoms. The van der Waals surface area contributed by atoms with Crippen LogP contribution in [0.2, 0.25) is 0 Å². The molecule has 0 aliphatic carbocycles. The van der Waals surface area contributed by atoms with Crippen molar-refractivity contribution in [2.45, 2.75) is 270 Å². The fourth-order valence-electron chi connectivity index (χ4n) is 8.61. The summed E-state index contributed by atoms with van der Waals surface area (Å²) in [4.78, 5) is 37.4. The molecule has 2 unspecified atom stereocenters. The number of ether oxygens (including phenoxy) is 4. The molecule has 0 aliphatic heterocycles. The summed E-state index contributed by atoms with van der Waals surface area (Å²) in [6, 6.07) is 0. The number of carboxylic acid groups (broad SMARTS) is 1. The van der Waals surface area contributed by atoms with Gasteiger partial charge in [0.15, 0.2) is 12.4 Å². The molecule has 452 valence electrons. The number of carboxylic acids is 1. The van der Waals surface area contributed by atoms with E-state index in [4.69, 9.17) is 18.9 Å². The lowest BCUT2D eigenvalue weighted by molar-refractivity contribution is -0.870. The molecule has 9 nitrogen and oxygen atoms in total. The van der Waals surface area contributed by atoms with Crippen molar-refractivity contribution in [1.82, 2.24) is 0 Å². The lowest BCUT2D eigenvalue weighted by atomic mass is 10.0. The van der Waals surface area contributed by atoms with E-state index < -0.39 is 24.3 Å². The van der Waals surface area contributed by atoms with Crippen molar-refractivity contribution in [3.63, 3.8) is 0 Å². The van der Waals surface area contributed by atoms with Crippen LogP contribution in [0.4, 0.5) is 0 Å². The van der Waals surface area contributed by atoms with Gasteiger partial charge in [-0.05, 0) is 103 Å². The SMILES string of the molecule is CC/C=C\C/C=C\C/C=C\C/C=C\C/C=C\C/C=C\CCCCCCCCCCC(=O)OC(COC(=O)CCCCCCCCCCCCCC/C=C\C/C=C\C/C=C\CCCCCCC)COC(OCC[N+](C)(C)C)C(=O)[O-]. The van der Waals surface area contributed by atoms with Crippen LogP contribution in [0.5, 0.6) is 0 Å². The molecule has 79 heavy (non-hydrogen) atoms. The van der Waals surface area contributed by atoms with E-state index in [0.717, 1.165) is 96.3 Å². The van der Waals surface area contributed by atoms with Crippen molar-refractivity contribution in [2.24, 2.45) is 0 Å². The molecule has 0 aromatic carbocycles. The minimum atomic E-state index is -1.63. The van der Waals surface area contributed by atoms with Gasteiger partial charge in [-0.25, -0.2) is 0 Å². The maximum atomic E-state index is 12.9. The number of allylic oxidation sites excluding steroid dienone is 18. The Hall–Kier alpha value is -4.05. The van der Waals surface area contributed by atoms with Gasteiger partial charge in [-0.2, -0.15) is 0 Å². The monoisotopic (exact) mass is 1100 g/mol. The third-order valence-corrected chi connectivity index (χ3v) is 13.5. The van der Waals surface area contributed by atoms with E-state index >= 15 is 0 Å². The number of carbonyl (C=O) groups is 3. The van der Waals surface area contributed by atoms with E-state index in [1.54, 1.807) is 0 Å². The van der Waals surface area contributed by atoms with Crippen molar-refractivity contribution in [2.75, 3.05) is 47.5 Å². The third-order valence-electron chi connectivity index (χ3n) is 13.5. The molecule has 2 atom stereocenters. The van der Waals surface area contributed by atoms with Gasteiger partial charge in [0.1, 0.15) is 13.2 Å².